The summed E-state index contributed by atoms with van der Waals surface area (Å²) in [6.45, 7) is 0. The van der Waals surface area contributed by atoms with Gasteiger partial charge in [0.25, 0.3) is 18.1 Å². The normalized spacial score (nSPS) is 11.5. The van der Waals surface area contributed by atoms with E-state index in [0.717, 1.165) is 23.9 Å². The van der Waals surface area contributed by atoms with E-state index in [4.69, 9.17) is 21.4 Å². The second-order valence-electron chi connectivity index (χ2n) is 4.52. The van der Waals surface area contributed by atoms with Crippen LogP contribution in [0.25, 0.3) is 0 Å². The van der Waals surface area contributed by atoms with Crippen LogP contribution in [0.5, 0.6) is 0 Å². The van der Waals surface area contributed by atoms with Crippen LogP contribution in [0, 0.1) is 22.7 Å². The molecule has 0 saturated carbocycles. The fourth-order valence-electron chi connectivity index (χ4n) is 1.79. The minimum absolute atomic E-state index is 0.0460. The summed E-state index contributed by atoms with van der Waals surface area (Å²) in [7, 11) is 2.54. The minimum Gasteiger partial charge on any atom is -0.207 e. The Hall–Kier alpha value is -1.75. The van der Waals surface area contributed by atoms with Gasteiger partial charge in [-0.25, -0.2) is 16.8 Å². The van der Waals surface area contributed by atoms with Crippen molar-refractivity contribution < 1.29 is 16.8 Å². The van der Waals surface area contributed by atoms with Crippen molar-refractivity contribution in [3.05, 3.63) is 47.5 Å². The average molecular weight is 433 g/mol. The third kappa shape index (κ3) is 4.66. The Bertz CT molecular complexity index is 1060. The molecule has 0 atom stereocenters. The van der Waals surface area contributed by atoms with Gasteiger partial charge in [-0.3, -0.25) is 0 Å². The maximum absolute atomic E-state index is 11.3. The van der Waals surface area contributed by atoms with E-state index in [2.05, 4.69) is 0 Å². The highest BCUT2D eigenvalue weighted by Gasteiger charge is 2.17. The molecule has 0 amide bonds. The molecule has 0 heterocycles. The molecule has 0 N–H and O–H groups in total. The molecule has 2 aromatic rings. The van der Waals surface area contributed by atoms with Crippen LogP contribution in [-0.2, 0) is 18.1 Å². The fraction of sp³-hybridized carbons (Fsp3) is 0. The van der Waals surface area contributed by atoms with E-state index < -0.39 is 18.1 Å². The quantitative estimate of drug-likeness (QED) is 0.678. The van der Waals surface area contributed by atoms with Crippen LogP contribution in [-0.4, -0.2) is 16.8 Å². The monoisotopic (exact) mass is 432 g/mol. The van der Waals surface area contributed by atoms with Crippen molar-refractivity contribution in [2.75, 3.05) is 0 Å². The standard InChI is InChI=1S/C14H6Cl2N2O4S3/c15-24(19,20)11-1-3-13(9(5-11)7-17)23-14-4-2-12(25(16,21)22)6-10(14)8-18/h1-6H. The lowest BCUT2D eigenvalue weighted by Gasteiger charge is -2.08. The van der Waals surface area contributed by atoms with Crippen LogP contribution in [0.2, 0.25) is 0 Å². The molecule has 0 spiro atoms. The Labute approximate surface area is 157 Å². The predicted octanol–water partition coefficient (Wildman–Crippen LogP) is 3.44. The molecule has 0 radical (unpaired) electrons. The first kappa shape index (κ1) is 19.6. The zero-order chi connectivity index (χ0) is 18.8. The van der Waals surface area contributed by atoms with Crippen molar-refractivity contribution >= 4 is 51.2 Å². The Kier molecular flexibility index (Phi) is 5.67. The molecule has 0 aliphatic carbocycles. The molecule has 0 aliphatic rings. The van der Waals surface area contributed by atoms with Crippen LogP contribution in [0.4, 0.5) is 0 Å². The van der Waals surface area contributed by atoms with Gasteiger partial charge in [-0.2, -0.15) is 10.5 Å². The second kappa shape index (κ2) is 7.24. The van der Waals surface area contributed by atoms with Crippen LogP contribution in [0.15, 0.2) is 56.0 Å². The largest absolute Gasteiger partial charge is 0.261 e. The Morgan fingerprint density at radius 1 is 0.760 bits per heavy atom. The summed E-state index contributed by atoms with van der Waals surface area (Å²) in [6, 6.07) is 11.2. The molecule has 0 bridgehead atoms. The highest BCUT2D eigenvalue weighted by molar-refractivity contribution is 8.14. The molecule has 0 aliphatic heterocycles. The SMILES string of the molecule is N#Cc1cc(S(=O)(=O)Cl)ccc1Sc1ccc(S(=O)(=O)Cl)cc1C#N. The first-order chi connectivity index (χ1) is 11.6. The molecule has 0 saturated heterocycles. The molecule has 25 heavy (non-hydrogen) atoms. The van der Waals surface area contributed by atoms with E-state index >= 15 is 0 Å². The lowest BCUT2D eigenvalue weighted by molar-refractivity contribution is 0.608. The van der Waals surface area contributed by atoms with Crippen LogP contribution >= 0.6 is 33.1 Å². The number of rotatable bonds is 4. The Balaban J connectivity index is 2.51. The predicted molar refractivity (Wildman–Crippen MR) is 92.5 cm³/mol. The summed E-state index contributed by atoms with van der Waals surface area (Å²) in [5.41, 5.74) is 0.0920. The number of hydrogen-bond donors (Lipinski definition) is 0. The van der Waals surface area contributed by atoms with Crippen molar-refractivity contribution in [1.82, 2.24) is 0 Å². The Morgan fingerprint density at radius 3 is 1.40 bits per heavy atom. The second-order valence-corrected chi connectivity index (χ2v) is 10.7. The maximum atomic E-state index is 11.3. The van der Waals surface area contributed by atoms with E-state index in [-0.39, 0.29) is 20.9 Å². The highest BCUT2D eigenvalue weighted by Crippen LogP contribution is 2.35. The van der Waals surface area contributed by atoms with Gasteiger partial charge in [-0.1, -0.05) is 11.8 Å². The third-order valence-electron chi connectivity index (χ3n) is 2.93. The lowest BCUT2D eigenvalue weighted by Crippen LogP contribution is -1.94. The molecule has 128 valence electrons. The summed E-state index contributed by atoms with van der Waals surface area (Å²) in [4.78, 5) is 0.312. The zero-order valence-corrected chi connectivity index (χ0v) is 15.9. The van der Waals surface area contributed by atoms with Gasteiger partial charge < -0.3 is 0 Å². The van der Waals surface area contributed by atoms with Crippen LogP contribution in [0.3, 0.4) is 0 Å². The van der Waals surface area contributed by atoms with Crippen LogP contribution < -0.4 is 0 Å². The smallest absolute Gasteiger partial charge is 0.207 e. The molecule has 0 unspecified atom stereocenters. The van der Waals surface area contributed by atoms with Gasteiger partial charge in [-0.15, -0.1) is 0 Å². The molecular weight excluding hydrogens is 427 g/mol. The first-order valence-electron chi connectivity index (χ1n) is 6.22. The van der Waals surface area contributed by atoms with Gasteiger partial charge in [0, 0.05) is 31.2 Å². The van der Waals surface area contributed by atoms with E-state index in [1.165, 1.54) is 24.3 Å². The summed E-state index contributed by atoms with van der Waals surface area (Å²) in [6.07, 6.45) is 0. The fourth-order valence-corrected chi connectivity index (χ4v) is 4.29. The molecule has 0 aromatic heterocycles. The summed E-state index contributed by atoms with van der Waals surface area (Å²) in [5, 5.41) is 18.4. The summed E-state index contributed by atoms with van der Waals surface area (Å²) < 4.78 is 45.4. The molecular formula is C14H6Cl2N2O4S3. The number of halogens is 2. The number of nitriles is 2. The Morgan fingerprint density at radius 2 is 1.12 bits per heavy atom. The molecule has 6 nitrogen and oxygen atoms in total. The zero-order valence-electron chi connectivity index (χ0n) is 12.0. The molecule has 2 aromatic carbocycles. The van der Waals surface area contributed by atoms with Gasteiger partial charge in [0.1, 0.15) is 12.1 Å². The number of nitrogens with zero attached hydrogens (tertiary/aromatic N) is 2. The first-order valence-corrected chi connectivity index (χ1v) is 11.7. The number of hydrogen-bond acceptors (Lipinski definition) is 7. The van der Waals surface area contributed by atoms with Crippen LogP contribution in [0.1, 0.15) is 11.1 Å². The molecule has 0 fully saturated rings. The van der Waals surface area contributed by atoms with Crippen molar-refractivity contribution in [2.45, 2.75) is 19.6 Å². The average Bonchev–Trinajstić information content (AvgIpc) is 2.53. The minimum atomic E-state index is -3.98. The summed E-state index contributed by atoms with van der Waals surface area (Å²) >= 11 is 1.01. The molecule has 11 heteroatoms. The van der Waals surface area contributed by atoms with Crippen molar-refractivity contribution in [3.8, 4) is 12.1 Å². The van der Waals surface area contributed by atoms with Crippen molar-refractivity contribution in [1.29, 1.82) is 10.5 Å². The van der Waals surface area contributed by atoms with E-state index in [1.807, 2.05) is 12.1 Å². The van der Waals surface area contributed by atoms with E-state index in [0.29, 0.717) is 9.79 Å². The van der Waals surface area contributed by atoms with Crippen molar-refractivity contribution in [3.63, 3.8) is 0 Å². The van der Waals surface area contributed by atoms with Gasteiger partial charge in [-0.05, 0) is 36.4 Å². The van der Waals surface area contributed by atoms with Crippen molar-refractivity contribution in [2.24, 2.45) is 0 Å². The number of benzene rings is 2. The lowest BCUT2D eigenvalue weighted by atomic mass is 10.2. The summed E-state index contributed by atoms with van der Waals surface area (Å²) in [5.74, 6) is 0. The van der Waals surface area contributed by atoms with E-state index in [9.17, 15) is 27.4 Å². The topological polar surface area (TPSA) is 116 Å². The van der Waals surface area contributed by atoms with Gasteiger partial charge in [0.15, 0.2) is 0 Å². The van der Waals surface area contributed by atoms with Gasteiger partial charge in [0.05, 0.1) is 20.9 Å². The van der Waals surface area contributed by atoms with Gasteiger partial charge >= 0.3 is 0 Å². The van der Waals surface area contributed by atoms with E-state index in [1.54, 1.807) is 0 Å². The van der Waals surface area contributed by atoms with Gasteiger partial charge in [0.2, 0.25) is 0 Å². The highest BCUT2D eigenvalue weighted by atomic mass is 35.7. The molecule has 2 rings (SSSR count). The maximum Gasteiger partial charge on any atom is 0.261 e. The third-order valence-corrected chi connectivity index (χ3v) is 6.78.